The maximum atomic E-state index is 11.5. The third kappa shape index (κ3) is 6.82. The van der Waals surface area contributed by atoms with Gasteiger partial charge in [-0.05, 0) is 37.1 Å². The summed E-state index contributed by atoms with van der Waals surface area (Å²) in [6, 6.07) is 6.88. The standard InChI is InChI=1S/C14H20ClNO4S/c1-3-5-11-21(17,18)20-16-14(15)12-6-8-13(9-7-12)19-10-4-2/h6-9H,3-5,10-11H2,1-2H3/b16-14-. The van der Waals surface area contributed by atoms with Gasteiger partial charge in [-0.15, -0.1) is 0 Å². The number of rotatable bonds is 9. The molecule has 0 radical (unpaired) electrons. The number of hydrogen-bond acceptors (Lipinski definition) is 5. The van der Waals surface area contributed by atoms with Crippen LogP contribution in [0.1, 0.15) is 38.7 Å². The number of benzene rings is 1. The molecule has 0 aliphatic heterocycles. The van der Waals surface area contributed by atoms with Gasteiger partial charge in [0.25, 0.3) is 0 Å². The lowest BCUT2D eigenvalue weighted by Crippen LogP contribution is -2.08. The highest BCUT2D eigenvalue weighted by Crippen LogP contribution is 2.15. The first kappa shape index (κ1) is 17.8. The third-order valence-electron chi connectivity index (χ3n) is 2.54. The predicted octanol–water partition coefficient (Wildman–Crippen LogP) is 3.52. The van der Waals surface area contributed by atoms with E-state index in [9.17, 15) is 8.42 Å². The van der Waals surface area contributed by atoms with Gasteiger partial charge < -0.3 is 4.74 Å². The lowest BCUT2D eigenvalue weighted by atomic mass is 10.2. The van der Waals surface area contributed by atoms with Gasteiger partial charge in [-0.25, -0.2) is 0 Å². The molecule has 0 unspecified atom stereocenters. The van der Waals surface area contributed by atoms with E-state index in [0.29, 0.717) is 18.6 Å². The van der Waals surface area contributed by atoms with Crippen LogP contribution in [0.5, 0.6) is 5.75 Å². The average Bonchev–Trinajstić information content (AvgIpc) is 2.49. The van der Waals surface area contributed by atoms with E-state index in [2.05, 4.69) is 9.44 Å². The Morgan fingerprint density at radius 1 is 1.19 bits per heavy atom. The molecule has 0 bridgehead atoms. The largest absolute Gasteiger partial charge is 0.494 e. The minimum Gasteiger partial charge on any atom is -0.494 e. The van der Waals surface area contributed by atoms with E-state index >= 15 is 0 Å². The summed E-state index contributed by atoms with van der Waals surface area (Å²) in [5.41, 5.74) is 0.561. The van der Waals surface area contributed by atoms with Crippen molar-refractivity contribution in [3.05, 3.63) is 29.8 Å². The summed E-state index contributed by atoms with van der Waals surface area (Å²) in [6.07, 6.45) is 2.21. The number of unbranched alkanes of at least 4 members (excludes halogenated alkanes) is 1. The second kappa shape index (κ2) is 8.89. The number of ether oxygens (including phenoxy) is 1. The third-order valence-corrected chi connectivity index (χ3v) is 3.92. The van der Waals surface area contributed by atoms with Crippen molar-refractivity contribution in [1.82, 2.24) is 0 Å². The van der Waals surface area contributed by atoms with Crippen LogP contribution in [-0.4, -0.2) is 25.9 Å². The van der Waals surface area contributed by atoms with Gasteiger partial charge in [0, 0.05) is 5.56 Å². The minimum atomic E-state index is -3.66. The summed E-state index contributed by atoms with van der Waals surface area (Å²) in [6.45, 7) is 4.56. The quantitative estimate of drug-likeness (QED) is 0.512. The Labute approximate surface area is 131 Å². The van der Waals surface area contributed by atoms with Crippen molar-refractivity contribution in [3.8, 4) is 5.75 Å². The van der Waals surface area contributed by atoms with E-state index in [1.54, 1.807) is 24.3 Å². The zero-order chi connectivity index (χ0) is 15.7. The van der Waals surface area contributed by atoms with Gasteiger partial charge in [0.05, 0.1) is 12.4 Å². The summed E-state index contributed by atoms with van der Waals surface area (Å²) in [7, 11) is -3.66. The smallest absolute Gasteiger partial charge is 0.328 e. The van der Waals surface area contributed by atoms with Crippen molar-refractivity contribution in [2.24, 2.45) is 5.16 Å². The molecular weight excluding hydrogens is 314 g/mol. The molecule has 0 saturated carbocycles. The summed E-state index contributed by atoms with van der Waals surface area (Å²) >= 11 is 5.92. The minimum absolute atomic E-state index is 0.0166. The Bertz CT molecular complexity index is 555. The molecule has 1 rings (SSSR count). The van der Waals surface area contributed by atoms with E-state index in [1.807, 2.05) is 13.8 Å². The van der Waals surface area contributed by atoms with E-state index < -0.39 is 10.1 Å². The molecule has 0 N–H and O–H groups in total. The summed E-state index contributed by atoms with van der Waals surface area (Å²) in [5, 5.41) is 3.45. The highest BCUT2D eigenvalue weighted by atomic mass is 35.5. The molecule has 1 aromatic rings. The van der Waals surface area contributed by atoms with Crippen LogP contribution in [-0.2, 0) is 14.4 Å². The SMILES string of the molecule is CCCCS(=O)(=O)O/N=C(\Cl)c1ccc(OCCC)cc1. The van der Waals surface area contributed by atoms with Gasteiger partial charge in [0.15, 0.2) is 5.17 Å². The van der Waals surface area contributed by atoms with Crippen molar-refractivity contribution in [3.63, 3.8) is 0 Å². The first-order chi connectivity index (χ1) is 9.98. The average molecular weight is 334 g/mol. The molecule has 5 nitrogen and oxygen atoms in total. The molecule has 0 aliphatic rings. The molecule has 1 aromatic carbocycles. The lowest BCUT2D eigenvalue weighted by Gasteiger charge is -2.05. The Morgan fingerprint density at radius 2 is 1.86 bits per heavy atom. The highest BCUT2D eigenvalue weighted by Gasteiger charge is 2.11. The van der Waals surface area contributed by atoms with Crippen LogP contribution in [0.25, 0.3) is 0 Å². The maximum Gasteiger partial charge on any atom is 0.328 e. The van der Waals surface area contributed by atoms with E-state index in [4.69, 9.17) is 16.3 Å². The van der Waals surface area contributed by atoms with Crippen molar-refractivity contribution < 1.29 is 17.4 Å². The highest BCUT2D eigenvalue weighted by molar-refractivity contribution is 7.86. The lowest BCUT2D eigenvalue weighted by molar-refractivity contribution is 0.317. The fourth-order valence-corrected chi connectivity index (χ4v) is 2.52. The first-order valence-corrected chi connectivity index (χ1v) is 8.82. The zero-order valence-corrected chi connectivity index (χ0v) is 13.8. The Balaban J connectivity index is 2.65. The Kier molecular flexibility index (Phi) is 7.53. The molecule has 0 aromatic heterocycles. The van der Waals surface area contributed by atoms with Gasteiger partial charge in [-0.3, -0.25) is 4.28 Å². The van der Waals surface area contributed by atoms with Crippen molar-refractivity contribution in [1.29, 1.82) is 0 Å². The number of hydrogen-bond donors (Lipinski definition) is 0. The molecule has 21 heavy (non-hydrogen) atoms. The monoisotopic (exact) mass is 333 g/mol. The first-order valence-electron chi connectivity index (χ1n) is 6.86. The molecule has 0 spiro atoms. The van der Waals surface area contributed by atoms with E-state index in [-0.39, 0.29) is 10.9 Å². The van der Waals surface area contributed by atoms with Crippen LogP contribution in [0.4, 0.5) is 0 Å². The van der Waals surface area contributed by atoms with Crippen molar-refractivity contribution in [2.45, 2.75) is 33.1 Å². The van der Waals surface area contributed by atoms with Gasteiger partial charge in [0.1, 0.15) is 5.75 Å². The van der Waals surface area contributed by atoms with Crippen LogP contribution in [0, 0.1) is 0 Å². The fraction of sp³-hybridized carbons (Fsp3) is 0.500. The molecule has 0 fully saturated rings. The molecule has 118 valence electrons. The predicted molar refractivity (Wildman–Crippen MR) is 84.4 cm³/mol. The number of halogens is 1. The van der Waals surface area contributed by atoms with Gasteiger partial charge in [0.2, 0.25) is 0 Å². The maximum absolute atomic E-state index is 11.5. The topological polar surface area (TPSA) is 65.0 Å². The van der Waals surface area contributed by atoms with Gasteiger partial charge >= 0.3 is 10.1 Å². The molecule has 0 atom stereocenters. The van der Waals surface area contributed by atoms with Crippen molar-refractivity contribution >= 4 is 26.9 Å². The Morgan fingerprint density at radius 3 is 2.43 bits per heavy atom. The fourth-order valence-electron chi connectivity index (χ4n) is 1.41. The number of oxime groups is 1. The molecular formula is C14H20ClNO4S. The normalized spacial score (nSPS) is 12.2. The van der Waals surface area contributed by atoms with Gasteiger partial charge in [-0.2, -0.15) is 8.42 Å². The zero-order valence-electron chi connectivity index (χ0n) is 12.2. The second-order valence-electron chi connectivity index (χ2n) is 4.44. The second-order valence-corrected chi connectivity index (χ2v) is 6.48. The Hall–Kier alpha value is -1.27. The van der Waals surface area contributed by atoms with E-state index in [1.165, 1.54) is 0 Å². The summed E-state index contributed by atoms with van der Waals surface area (Å²) in [4.78, 5) is 0. The molecule has 7 heteroatoms. The van der Waals surface area contributed by atoms with E-state index in [0.717, 1.165) is 18.6 Å². The van der Waals surface area contributed by atoms with Crippen LogP contribution in [0.3, 0.4) is 0 Å². The molecule has 0 saturated heterocycles. The molecule has 0 heterocycles. The molecule has 0 aliphatic carbocycles. The molecule has 0 amide bonds. The van der Waals surface area contributed by atoms with Crippen LogP contribution < -0.4 is 4.74 Å². The van der Waals surface area contributed by atoms with Crippen molar-refractivity contribution in [2.75, 3.05) is 12.4 Å². The summed E-state index contributed by atoms with van der Waals surface area (Å²) < 4.78 is 33.0. The number of nitrogens with zero attached hydrogens (tertiary/aromatic N) is 1. The van der Waals surface area contributed by atoms with Crippen LogP contribution in [0.2, 0.25) is 0 Å². The van der Waals surface area contributed by atoms with Crippen LogP contribution >= 0.6 is 11.6 Å². The van der Waals surface area contributed by atoms with Gasteiger partial charge in [-0.1, -0.05) is 37.0 Å². The van der Waals surface area contributed by atoms with Crippen LogP contribution in [0.15, 0.2) is 29.4 Å². The summed E-state index contributed by atoms with van der Waals surface area (Å²) in [5.74, 6) is 0.655.